The molecule has 2 heteroatoms. The fourth-order valence-electron chi connectivity index (χ4n) is 2.91. The summed E-state index contributed by atoms with van der Waals surface area (Å²) in [6.07, 6.45) is 4.35. The summed E-state index contributed by atoms with van der Waals surface area (Å²) < 4.78 is 0. The smallest absolute Gasteiger partial charge is 0.193 e. The first-order valence-electron chi connectivity index (χ1n) is 7.73. The average molecular weight is 291 g/mol. The summed E-state index contributed by atoms with van der Waals surface area (Å²) in [5.41, 5.74) is 4.98. The molecule has 0 saturated heterocycles. The van der Waals surface area contributed by atoms with E-state index in [4.69, 9.17) is 0 Å². The molecule has 1 heterocycles. The van der Waals surface area contributed by atoms with Crippen LogP contribution in [0.15, 0.2) is 54.6 Å². The molecule has 112 valence electrons. The van der Waals surface area contributed by atoms with Crippen LogP contribution in [-0.2, 0) is 6.54 Å². The van der Waals surface area contributed by atoms with Gasteiger partial charge in [-0.15, -0.1) is 0 Å². The Kier molecular flexibility index (Phi) is 4.21. The maximum atomic E-state index is 13.0. The van der Waals surface area contributed by atoms with E-state index in [1.807, 2.05) is 50.2 Å². The highest BCUT2D eigenvalue weighted by Gasteiger charge is 2.17. The van der Waals surface area contributed by atoms with Crippen molar-refractivity contribution in [3.05, 3.63) is 82.4 Å². The van der Waals surface area contributed by atoms with Crippen molar-refractivity contribution in [2.24, 2.45) is 0 Å². The van der Waals surface area contributed by atoms with E-state index in [-0.39, 0.29) is 5.78 Å². The molecule has 0 N–H and O–H groups in total. The summed E-state index contributed by atoms with van der Waals surface area (Å²) in [6, 6.07) is 13.9. The number of nitrogens with zero attached hydrogens (tertiary/aromatic N) is 1. The average Bonchev–Trinajstić information content (AvgIpc) is 3.03. The standard InChI is InChI=1S/C20H21NO/c1-15-8-7-11-18(16(15)2)20(22)19-10-4-3-9-17(19)14-21-12-5-6-13-21/h3-11H,12-14H2,1-2H3. The van der Waals surface area contributed by atoms with E-state index in [0.717, 1.165) is 47.5 Å². The van der Waals surface area contributed by atoms with Crippen molar-refractivity contribution in [1.82, 2.24) is 4.90 Å². The van der Waals surface area contributed by atoms with Gasteiger partial charge in [-0.25, -0.2) is 0 Å². The van der Waals surface area contributed by atoms with Crippen molar-refractivity contribution in [2.45, 2.75) is 20.4 Å². The first-order valence-corrected chi connectivity index (χ1v) is 7.73. The second-order valence-electron chi connectivity index (χ2n) is 5.90. The normalized spacial score (nSPS) is 14.5. The van der Waals surface area contributed by atoms with Crippen molar-refractivity contribution in [3.63, 3.8) is 0 Å². The zero-order chi connectivity index (χ0) is 15.5. The van der Waals surface area contributed by atoms with E-state index in [0.29, 0.717) is 0 Å². The predicted molar refractivity (Wildman–Crippen MR) is 90.2 cm³/mol. The van der Waals surface area contributed by atoms with Crippen molar-refractivity contribution >= 4 is 5.78 Å². The van der Waals surface area contributed by atoms with Gasteiger partial charge in [-0.3, -0.25) is 9.69 Å². The number of aryl methyl sites for hydroxylation is 1. The molecule has 0 unspecified atom stereocenters. The van der Waals surface area contributed by atoms with Gasteiger partial charge in [0.2, 0.25) is 0 Å². The topological polar surface area (TPSA) is 20.3 Å². The highest BCUT2D eigenvalue weighted by Crippen LogP contribution is 2.21. The van der Waals surface area contributed by atoms with Crippen molar-refractivity contribution < 1.29 is 4.79 Å². The van der Waals surface area contributed by atoms with Gasteiger partial charge < -0.3 is 0 Å². The third-order valence-electron chi connectivity index (χ3n) is 4.40. The summed E-state index contributed by atoms with van der Waals surface area (Å²) in [5, 5.41) is 0. The van der Waals surface area contributed by atoms with Gasteiger partial charge in [-0.05, 0) is 30.5 Å². The van der Waals surface area contributed by atoms with Gasteiger partial charge in [-0.1, -0.05) is 54.6 Å². The SMILES string of the molecule is Cc1cccc(C(=O)c2ccccc2CN2CC=CC2)c1C. The molecule has 22 heavy (non-hydrogen) atoms. The van der Waals surface area contributed by atoms with Crippen LogP contribution in [0.3, 0.4) is 0 Å². The molecule has 2 aromatic carbocycles. The third kappa shape index (κ3) is 2.88. The molecule has 0 spiro atoms. The molecule has 1 aliphatic heterocycles. The van der Waals surface area contributed by atoms with Crippen LogP contribution >= 0.6 is 0 Å². The molecule has 3 rings (SSSR count). The van der Waals surface area contributed by atoms with Crippen molar-refractivity contribution in [2.75, 3.05) is 13.1 Å². The molecule has 0 fully saturated rings. The minimum absolute atomic E-state index is 0.129. The van der Waals surface area contributed by atoms with Gasteiger partial charge in [0.1, 0.15) is 0 Å². The Bertz CT molecular complexity index is 722. The zero-order valence-electron chi connectivity index (χ0n) is 13.2. The van der Waals surface area contributed by atoms with E-state index in [9.17, 15) is 4.79 Å². The molecule has 0 bridgehead atoms. The Morgan fingerprint density at radius 2 is 1.64 bits per heavy atom. The molecular weight excluding hydrogens is 270 g/mol. The summed E-state index contributed by atoms with van der Waals surface area (Å²) in [4.78, 5) is 15.3. The molecule has 0 saturated carbocycles. The van der Waals surface area contributed by atoms with Gasteiger partial charge in [0.15, 0.2) is 5.78 Å². The largest absolute Gasteiger partial charge is 0.292 e. The maximum Gasteiger partial charge on any atom is 0.193 e. The predicted octanol–water partition coefficient (Wildman–Crippen LogP) is 3.91. The number of carbonyl (C=O) groups is 1. The van der Waals surface area contributed by atoms with Gasteiger partial charge in [-0.2, -0.15) is 0 Å². The molecular formula is C20H21NO. The first-order chi connectivity index (χ1) is 10.7. The third-order valence-corrected chi connectivity index (χ3v) is 4.40. The Balaban J connectivity index is 1.93. The van der Waals surface area contributed by atoms with Crippen LogP contribution in [0, 0.1) is 13.8 Å². The van der Waals surface area contributed by atoms with E-state index in [1.165, 1.54) is 0 Å². The minimum Gasteiger partial charge on any atom is -0.292 e. The van der Waals surface area contributed by atoms with Crippen LogP contribution in [0.1, 0.15) is 32.6 Å². The van der Waals surface area contributed by atoms with Gasteiger partial charge >= 0.3 is 0 Å². The van der Waals surface area contributed by atoms with Gasteiger partial charge in [0.25, 0.3) is 0 Å². The molecule has 0 aromatic heterocycles. The second-order valence-corrected chi connectivity index (χ2v) is 5.90. The van der Waals surface area contributed by atoms with E-state index in [1.54, 1.807) is 0 Å². The molecule has 0 atom stereocenters. The van der Waals surface area contributed by atoms with Crippen LogP contribution in [0.4, 0.5) is 0 Å². The molecule has 1 aliphatic rings. The highest BCUT2D eigenvalue weighted by atomic mass is 16.1. The van der Waals surface area contributed by atoms with Gasteiger partial charge in [0, 0.05) is 30.8 Å². The van der Waals surface area contributed by atoms with E-state index < -0.39 is 0 Å². The number of benzene rings is 2. The Hall–Kier alpha value is -2.19. The van der Waals surface area contributed by atoms with Crippen molar-refractivity contribution in [3.8, 4) is 0 Å². The number of ketones is 1. The summed E-state index contributed by atoms with van der Waals surface area (Å²) >= 11 is 0. The van der Waals surface area contributed by atoms with Crippen LogP contribution < -0.4 is 0 Å². The fraction of sp³-hybridized carbons (Fsp3) is 0.250. The number of hydrogen-bond donors (Lipinski definition) is 0. The van der Waals surface area contributed by atoms with E-state index >= 15 is 0 Å². The van der Waals surface area contributed by atoms with Crippen LogP contribution in [0.5, 0.6) is 0 Å². The van der Waals surface area contributed by atoms with Crippen LogP contribution in [0.25, 0.3) is 0 Å². The number of hydrogen-bond acceptors (Lipinski definition) is 2. The molecule has 0 radical (unpaired) electrons. The number of rotatable bonds is 4. The minimum atomic E-state index is 0.129. The van der Waals surface area contributed by atoms with Crippen molar-refractivity contribution in [1.29, 1.82) is 0 Å². The van der Waals surface area contributed by atoms with E-state index in [2.05, 4.69) is 23.1 Å². The Labute approximate surface area is 132 Å². The lowest BCUT2D eigenvalue weighted by Gasteiger charge is -2.17. The fourth-order valence-corrected chi connectivity index (χ4v) is 2.91. The lowest BCUT2D eigenvalue weighted by Crippen LogP contribution is -2.21. The summed E-state index contributed by atoms with van der Waals surface area (Å²) in [6.45, 7) is 6.82. The summed E-state index contributed by atoms with van der Waals surface area (Å²) in [7, 11) is 0. The molecule has 2 aromatic rings. The lowest BCUT2D eigenvalue weighted by atomic mass is 9.93. The first kappa shape index (κ1) is 14.7. The summed E-state index contributed by atoms with van der Waals surface area (Å²) in [5.74, 6) is 0.129. The maximum absolute atomic E-state index is 13.0. The monoisotopic (exact) mass is 291 g/mol. The van der Waals surface area contributed by atoms with Crippen LogP contribution in [0.2, 0.25) is 0 Å². The number of carbonyl (C=O) groups excluding carboxylic acids is 1. The Morgan fingerprint density at radius 1 is 0.955 bits per heavy atom. The molecule has 2 nitrogen and oxygen atoms in total. The molecule has 0 amide bonds. The van der Waals surface area contributed by atoms with Gasteiger partial charge in [0.05, 0.1) is 0 Å². The quantitative estimate of drug-likeness (QED) is 0.629. The highest BCUT2D eigenvalue weighted by molar-refractivity contribution is 6.10. The second kappa shape index (κ2) is 6.29. The lowest BCUT2D eigenvalue weighted by molar-refractivity contribution is 0.103. The van der Waals surface area contributed by atoms with Crippen LogP contribution in [-0.4, -0.2) is 23.8 Å². The zero-order valence-corrected chi connectivity index (χ0v) is 13.2. The Morgan fingerprint density at radius 3 is 2.41 bits per heavy atom. The molecule has 0 aliphatic carbocycles.